The molecule has 0 bridgehead atoms. The maximum atomic E-state index is 11.8. The molecule has 2 aliphatic rings. The van der Waals surface area contributed by atoms with Gasteiger partial charge in [0.1, 0.15) is 5.84 Å². The molecule has 1 unspecified atom stereocenters. The lowest BCUT2D eigenvalue weighted by Gasteiger charge is -2.28. The molecule has 2 amide bonds. The molecule has 2 rings (SSSR count). The summed E-state index contributed by atoms with van der Waals surface area (Å²) in [5.74, 6) is 1.38. The van der Waals surface area contributed by atoms with Gasteiger partial charge in [-0.15, -0.1) is 0 Å². The first-order valence-electron chi connectivity index (χ1n) is 6.25. The van der Waals surface area contributed by atoms with Gasteiger partial charge >= 0.3 is 6.03 Å². The fourth-order valence-electron chi connectivity index (χ4n) is 2.90. The first-order chi connectivity index (χ1) is 7.59. The van der Waals surface area contributed by atoms with Gasteiger partial charge in [0.2, 0.25) is 0 Å². The summed E-state index contributed by atoms with van der Waals surface area (Å²) >= 11 is 0. The summed E-state index contributed by atoms with van der Waals surface area (Å²) in [7, 11) is 0. The Kier molecular flexibility index (Phi) is 3.17. The van der Waals surface area contributed by atoms with E-state index in [0.717, 1.165) is 19.4 Å². The van der Waals surface area contributed by atoms with E-state index in [0.29, 0.717) is 17.7 Å². The fraction of sp³-hybridized carbons (Fsp3) is 0.833. The Morgan fingerprint density at radius 2 is 2.06 bits per heavy atom. The molecule has 1 atom stereocenters. The van der Waals surface area contributed by atoms with Crippen molar-refractivity contribution in [1.82, 2.24) is 10.2 Å². The smallest absolute Gasteiger partial charge is 0.314 e. The van der Waals surface area contributed by atoms with Crippen molar-refractivity contribution in [3.63, 3.8) is 0 Å². The van der Waals surface area contributed by atoms with Crippen LogP contribution in [0.1, 0.15) is 39.5 Å². The van der Waals surface area contributed by atoms with E-state index in [1.807, 2.05) is 4.90 Å². The molecule has 0 radical (unpaired) electrons. The van der Waals surface area contributed by atoms with Crippen LogP contribution in [-0.2, 0) is 0 Å². The van der Waals surface area contributed by atoms with Crippen LogP contribution >= 0.6 is 0 Å². The number of hydrogen-bond acceptors (Lipinski definition) is 2. The van der Waals surface area contributed by atoms with Gasteiger partial charge in [-0.1, -0.05) is 26.7 Å². The van der Waals surface area contributed by atoms with E-state index in [2.05, 4.69) is 19.2 Å². The Morgan fingerprint density at radius 3 is 2.62 bits per heavy atom. The van der Waals surface area contributed by atoms with Gasteiger partial charge in [0, 0.05) is 6.54 Å². The number of nitrogens with zero attached hydrogens (tertiary/aromatic N) is 1. The standard InChI is InChI=1S/C12H21N3O/c1-8(2)7-15-10(9-5-3-4-6-9)11(13)14-12(15)16/h8-10H,3-7H2,1-2H3,(H2,13,14,16). The van der Waals surface area contributed by atoms with Gasteiger partial charge in [0.25, 0.3) is 0 Å². The molecule has 90 valence electrons. The van der Waals surface area contributed by atoms with E-state index in [1.165, 1.54) is 12.8 Å². The van der Waals surface area contributed by atoms with Gasteiger partial charge in [0.05, 0.1) is 6.04 Å². The molecule has 1 aliphatic carbocycles. The molecule has 1 aliphatic heterocycles. The summed E-state index contributed by atoms with van der Waals surface area (Å²) in [6, 6.07) is -0.0481. The van der Waals surface area contributed by atoms with Crippen LogP contribution in [0, 0.1) is 17.2 Å². The molecule has 2 N–H and O–H groups in total. The van der Waals surface area contributed by atoms with Crippen molar-refractivity contribution in [1.29, 1.82) is 5.41 Å². The highest BCUT2D eigenvalue weighted by molar-refractivity contribution is 6.05. The van der Waals surface area contributed by atoms with Crippen molar-refractivity contribution in [3.05, 3.63) is 0 Å². The molecule has 0 aromatic heterocycles. The molecule has 0 aromatic rings. The van der Waals surface area contributed by atoms with Crippen LogP contribution in [0.5, 0.6) is 0 Å². The molecule has 4 nitrogen and oxygen atoms in total. The number of hydrogen-bond donors (Lipinski definition) is 2. The summed E-state index contributed by atoms with van der Waals surface area (Å²) in [4.78, 5) is 13.6. The van der Waals surface area contributed by atoms with Crippen molar-refractivity contribution in [2.45, 2.75) is 45.6 Å². The molecule has 0 spiro atoms. The van der Waals surface area contributed by atoms with Crippen molar-refractivity contribution in [2.75, 3.05) is 6.54 Å². The van der Waals surface area contributed by atoms with Crippen molar-refractivity contribution >= 4 is 11.9 Å². The monoisotopic (exact) mass is 223 g/mol. The molecule has 2 fully saturated rings. The van der Waals surface area contributed by atoms with Gasteiger partial charge in [-0.2, -0.15) is 0 Å². The Bertz CT molecular complexity index is 295. The Morgan fingerprint density at radius 1 is 1.44 bits per heavy atom. The first-order valence-corrected chi connectivity index (χ1v) is 6.25. The zero-order chi connectivity index (χ0) is 11.7. The second kappa shape index (κ2) is 4.44. The van der Waals surface area contributed by atoms with Crippen molar-refractivity contribution < 1.29 is 4.79 Å². The predicted octanol–water partition coefficient (Wildman–Crippen LogP) is 2.20. The minimum atomic E-state index is -0.0735. The van der Waals surface area contributed by atoms with E-state index in [9.17, 15) is 4.79 Å². The normalized spacial score (nSPS) is 26.9. The third-order valence-corrected chi connectivity index (χ3v) is 3.54. The Balaban J connectivity index is 2.11. The van der Waals surface area contributed by atoms with Crippen LogP contribution in [0.4, 0.5) is 4.79 Å². The minimum Gasteiger partial charge on any atom is -0.314 e. The number of amides is 2. The van der Waals surface area contributed by atoms with Gasteiger partial charge in [-0.05, 0) is 24.7 Å². The molecule has 4 heteroatoms. The van der Waals surface area contributed by atoms with Crippen LogP contribution in [0.2, 0.25) is 0 Å². The third kappa shape index (κ3) is 2.06. The lowest BCUT2D eigenvalue weighted by molar-refractivity contribution is 0.182. The first kappa shape index (κ1) is 11.4. The SMILES string of the molecule is CC(C)CN1C(=O)NC(=N)C1C1CCCC1. The average molecular weight is 223 g/mol. The minimum absolute atomic E-state index is 0.0254. The van der Waals surface area contributed by atoms with E-state index < -0.39 is 0 Å². The van der Waals surface area contributed by atoms with Gasteiger partial charge < -0.3 is 4.90 Å². The van der Waals surface area contributed by atoms with Crippen LogP contribution in [0.3, 0.4) is 0 Å². The van der Waals surface area contributed by atoms with Crippen molar-refractivity contribution in [3.8, 4) is 0 Å². The van der Waals surface area contributed by atoms with Gasteiger partial charge in [-0.3, -0.25) is 10.7 Å². The Hall–Kier alpha value is -1.06. The maximum absolute atomic E-state index is 11.8. The van der Waals surface area contributed by atoms with Crippen LogP contribution < -0.4 is 5.32 Å². The van der Waals surface area contributed by atoms with E-state index in [4.69, 9.17) is 5.41 Å². The topological polar surface area (TPSA) is 56.2 Å². The summed E-state index contributed by atoms with van der Waals surface area (Å²) in [6.07, 6.45) is 4.82. The molecule has 0 aromatic carbocycles. The quantitative estimate of drug-likeness (QED) is 0.757. The molecule has 16 heavy (non-hydrogen) atoms. The zero-order valence-corrected chi connectivity index (χ0v) is 10.1. The zero-order valence-electron chi connectivity index (χ0n) is 10.1. The average Bonchev–Trinajstić information content (AvgIpc) is 2.75. The lowest BCUT2D eigenvalue weighted by atomic mass is 9.96. The number of urea groups is 1. The second-order valence-electron chi connectivity index (χ2n) is 5.38. The maximum Gasteiger partial charge on any atom is 0.323 e. The largest absolute Gasteiger partial charge is 0.323 e. The molecular weight excluding hydrogens is 202 g/mol. The number of nitrogens with one attached hydrogen (secondary N) is 2. The Labute approximate surface area is 96.9 Å². The van der Waals surface area contributed by atoms with Gasteiger partial charge in [-0.25, -0.2) is 4.79 Å². The summed E-state index contributed by atoms with van der Waals surface area (Å²) in [6.45, 7) is 4.98. The lowest BCUT2D eigenvalue weighted by Crippen LogP contribution is -2.41. The van der Waals surface area contributed by atoms with Crippen LogP contribution in [-0.4, -0.2) is 29.4 Å². The molecule has 1 heterocycles. The molecular formula is C12H21N3O. The highest BCUT2D eigenvalue weighted by Crippen LogP contribution is 2.32. The predicted molar refractivity (Wildman–Crippen MR) is 63.5 cm³/mol. The van der Waals surface area contributed by atoms with Gasteiger partial charge in [0.15, 0.2) is 0 Å². The van der Waals surface area contributed by atoms with E-state index in [1.54, 1.807) is 0 Å². The summed E-state index contributed by atoms with van der Waals surface area (Å²) in [5.41, 5.74) is 0. The molecule has 1 saturated carbocycles. The summed E-state index contributed by atoms with van der Waals surface area (Å²) < 4.78 is 0. The summed E-state index contributed by atoms with van der Waals surface area (Å²) in [5, 5.41) is 10.6. The number of amidine groups is 1. The highest BCUT2D eigenvalue weighted by Gasteiger charge is 2.41. The second-order valence-corrected chi connectivity index (χ2v) is 5.38. The molecule has 1 saturated heterocycles. The third-order valence-electron chi connectivity index (χ3n) is 3.54. The highest BCUT2D eigenvalue weighted by atomic mass is 16.2. The fourth-order valence-corrected chi connectivity index (χ4v) is 2.90. The number of carbonyl (C=O) groups is 1. The van der Waals surface area contributed by atoms with Crippen LogP contribution in [0.25, 0.3) is 0 Å². The van der Waals surface area contributed by atoms with E-state index in [-0.39, 0.29) is 12.1 Å². The van der Waals surface area contributed by atoms with Crippen molar-refractivity contribution in [2.24, 2.45) is 11.8 Å². The van der Waals surface area contributed by atoms with E-state index >= 15 is 0 Å². The van der Waals surface area contributed by atoms with Crippen LogP contribution in [0.15, 0.2) is 0 Å². The number of carbonyl (C=O) groups excluding carboxylic acids is 1. The number of rotatable bonds is 3.